The number of fused-ring (bicyclic) bond motifs is 5. The average Bonchev–Trinajstić information content (AvgIpc) is 3.62. The summed E-state index contributed by atoms with van der Waals surface area (Å²) < 4.78 is 2.58. The zero-order valence-electron chi connectivity index (χ0n) is 35.4. The third-order valence-corrected chi connectivity index (χ3v) is 13.5. The number of hydrogen-bond donors (Lipinski definition) is 1. The number of aromatic nitrogens is 1. The largest absolute Gasteiger partial charge is 0.344 e. The maximum absolute atomic E-state index is 5.38. The van der Waals surface area contributed by atoms with Crippen LogP contribution in [-0.2, 0) is 10.8 Å². The zero-order valence-corrected chi connectivity index (χ0v) is 35.4. The van der Waals surface area contributed by atoms with E-state index >= 15 is 0 Å². The second kappa shape index (κ2) is 14.4. The fourth-order valence-corrected chi connectivity index (χ4v) is 9.99. The molecule has 1 N–H and O–H groups in total. The fourth-order valence-electron chi connectivity index (χ4n) is 9.99. The number of rotatable bonds is 6. The number of nitrogens with zero attached hydrogens (tertiary/aromatic N) is 3. The molecular weight excluding hydrogens is 741 g/mol. The van der Waals surface area contributed by atoms with Crippen LogP contribution >= 0.6 is 0 Å². The summed E-state index contributed by atoms with van der Waals surface area (Å²) in [6, 6.07) is 57.2. The number of nitrogens with one attached hydrogen (secondary N) is 1. The minimum absolute atomic E-state index is 0.0968. The molecular formula is C57H50N4. The molecule has 1 unspecified atom stereocenters. The molecule has 1 aromatic heterocycles. The highest BCUT2D eigenvalue weighted by molar-refractivity contribution is 6.16. The molecule has 0 amide bonds. The number of amidine groups is 2. The van der Waals surface area contributed by atoms with Crippen molar-refractivity contribution in [2.75, 3.05) is 0 Å². The minimum Gasteiger partial charge on any atom is -0.344 e. The summed E-state index contributed by atoms with van der Waals surface area (Å²) in [5, 5.41) is 9.05. The summed E-state index contributed by atoms with van der Waals surface area (Å²) in [7, 11) is 0. The van der Waals surface area contributed by atoms with Crippen LogP contribution < -0.4 is 5.32 Å². The van der Waals surface area contributed by atoms with E-state index in [1.54, 1.807) is 0 Å². The van der Waals surface area contributed by atoms with Crippen molar-refractivity contribution >= 4 is 49.9 Å². The van der Waals surface area contributed by atoms with Crippen LogP contribution in [0.2, 0.25) is 0 Å². The smallest absolute Gasteiger partial charge is 0.159 e. The highest BCUT2D eigenvalue weighted by Gasteiger charge is 2.38. The second-order valence-electron chi connectivity index (χ2n) is 18.5. The highest BCUT2D eigenvalue weighted by Crippen LogP contribution is 2.49. The molecule has 0 saturated carbocycles. The number of allylic oxidation sites excluding steroid dienone is 2. The highest BCUT2D eigenvalue weighted by atomic mass is 15.2. The van der Waals surface area contributed by atoms with Crippen molar-refractivity contribution in [3.8, 4) is 22.3 Å². The molecule has 8 aromatic rings. The Morgan fingerprint density at radius 3 is 1.70 bits per heavy atom. The van der Waals surface area contributed by atoms with Gasteiger partial charge in [-0.2, -0.15) is 0 Å². The van der Waals surface area contributed by atoms with Crippen LogP contribution in [0.3, 0.4) is 0 Å². The maximum atomic E-state index is 5.38. The molecule has 1 aliphatic heterocycles. The van der Waals surface area contributed by atoms with Crippen molar-refractivity contribution in [3.05, 3.63) is 198 Å². The molecule has 61 heavy (non-hydrogen) atoms. The lowest BCUT2D eigenvalue weighted by atomic mass is 9.63. The molecule has 4 nitrogen and oxygen atoms in total. The molecule has 3 aliphatic rings. The Bertz CT molecular complexity index is 3080. The average molecular weight is 791 g/mol. The van der Waals surface area contributed by atoms with E-state index in [0.29, 0.717) is 0 Å². The molecule has 0 radical (unpaired) electrons. The topological polar surface area (TPSA) is 41.7 Å². The Balaban J connectivity index is 1.07. The van der Waals surface area contributed by atoms with Crippen LogP contribution in [-0.4, -0.2) is 22.4 Å². The van der Waals surface area contributed by atoms with Crippen molar-refractivity contribution in [1.82, 2.24) is 9.88 Å². The molecule has 1 atom stereocenters. The molecule has 2 heterocycles. The molecule has 7 aromatic carbocycles. The molecule has 298 valence electrons. The summed E-state index contributed by atoms with van der Waals surface area (Å²) in [6.07, 6.45) is 8.68. The van der Waals surface area contributed by atoms with Crippen molar-refractivity contribution < 1.29 is 0 Å². The summed E-state index contributed by atoms with van der Waals surface area (Å²) in [5.41, 5.74) is 14.8. The van der Waals surface area contributed by atoms with Crippen LogP contribution in [0.25, 0.3) is 60.5 Å². The van der Waals surface area contributed by atoms with Gasteiger partial charge in [0.15, 0.2) is 5.84 Å². The van der Waals surface area contributed by atoms with E-state index < -0.39 is 0 Å². The number of aliphatic imine (C=N–C) groups is 2. The fraction of sp³-hybridized carbons (Fsp3) is 0.193. The van der Waals surface area contributed by atoms with Crippen LogP contribution in [0.15, 0.2) is 185 Å². The van der Waals surface area contributed by atoms with Gasteiger partial charge in [-0.15, -0.1) is 0 Å². The Morgan fingerprint density at radius 2 is 1.07 bits per heavy atom. The van der Waals surface area contributed by atoms with Gasteiger partial charge in [-0.25, -0.2) is 9.98 Å². The van der Waals surface area contributed by atoms with E-state index in [1.165, 1.54) is 73.4 Å². The molecule has 0 fully saturated rings. The number of hydrogen-bond acceptors (Lipinski definition) is 3. The first kappa shape index (κ1) is 37.2. The minimum atomic E-state index is -0.333. The SMILES string of the molecule is CC1(C)CCC(C)(C)c2cc3c(cc21)c1cc2ccccc2cc1n3C1=CC(C2N=C(c3ccccc3)N=C(c3cc(-c4ccccc4)cc(-c4ccccc4)c3)N2)=CCC1. The van der Waals surface area contributed by atoms with Crippen LogP contribution in [0, 0.1) is 0 Å². The van der Waals surface area contributed by atoms with Crippen LogP contribution in [0.5, 0.6) is 0 Å². The molecule has 0 saturated heterocycles. The summed E-state index contributed by atoms with van der Waals surface area (Å²) in [5.74, 6) is 1.54. The molecule has 0 spiro atoms. The van der Waals surface area contributed by atoms with Gasteiger partial charge in [0, 0.05) is 27.6 Å². The lowest BCUT2D eigenvalue weighted by Gasteiger charge is -2.42. The first-order chi connectivity index (χ1) is 29.7. The Kier molecular flexibility index (Phi) is 8.82. The maximum Gasteiger partial charge on any atom is 0.159 e. The lowest BCUT2D eigenvalue weighted by molar-refractivity contribution is 0.332. The van der Waals surface area contributed by atoms with Gasteiger partial charge in [-0.05, 0) is 135 Å². The van der Waals surface area contributed by atoms with Gasteiger partial charge in [-0.3, -0.25) is 0 Å². The van der Waals surface area contributed by atoms with E-state index in [2.05, 4.69) is 207 Å². The van der Waals surface area contributed by atoms with Gasteiger partial charge in [0.2, 0.25) is 0 Å². The van der Waals surface area contributed by atoms with Crippen LogP contribution in [0.4, 0.5) is 0 Å². The van der Waals surface area contributed by atoms with Gasteiger partial charge in [0.25, 0.3) is 0 Å². The van der Waals surface area contributed by atoms with Gasteiger partial charge in [0.1, 0.15) is 12.0 Å². The zero-order chi connectivity index (χ0) is 41.3. The third kappa shape index (κ3) is 6.62. The second-order valence-corrected chi connectivity index (χ2v) is 18.5. The van der Waals surface area contributed by atoms with Gasteiger partial charge in [-0.1, -0.05) is 149 Å². The predicted octanol–water partition coefficient (Wildman–Crippen LogP) is 14.0. The van der Waals surface area contributed by atoms with Gasteiger partial charge in [0.05, 0.1) is 11.0 Å². The Morgan fingerprint density at radius 1 is 0.541 bits per heavy atom. The Labute approximate surface area is 358 Å². The quantitative estimate of drug-likeness (QED) is 0.179. The summed E-state index contributed by atoms with van der Waals surface area (Å²) in [4.78, 5) is 10.7. The van der Waals surface area contributed by atoms with E-state index in [4.69, 9.17) is 9.98 Å². The van der Waals surface area contributed by atoms with Crippen molar-refractivity contribution in [2.24, 2.45) is 9.98 Å². The van der Waals surface area contributed by atoms with Gasteiger partial charge >= 0.3 is 0 Å². The number of benzene rings is 7. The molecule has 11 rings (SSSR count). The molecule has 0 bridgehead atoms. The van der Waals surface area contributed by atoms with E-state index in [-0.39, 0.29) is 17.0 Å². The molecule has 4 heteroatoms. The van der Waals surface area contributed by atoms with Crippen LogP contribution in [0.1, 0.15) is 75.6 Å². The first-order valence-electron chi connectivity index (χ1n) is 21.9. The van der Waals surface area contributed by atoms with Crippen molar-refractivity contribution in [1.29, 1.82) is 0 Å². The summed E-state index contributed by atoms with van der Waals surface area (Å²) >= 11 is 0. The van der Waals surface area contributed by atoms with Gasteiger partial charge < -0.3 is 9.88 Å². The molecule has 2 aliphatic carbocycles. The monoisotopic (exact) mass is 790 g/mol. The Hall–Kier alpha value is -6.78. The van der Waals surface area contributed by atoms with E-state index in [1.807, 2.05) is 0 Å². The van der Waals surface area contributed by atoms with E-state index in [9.17, 15) is 0 Å². The predicted molar refractivity (Wildman–Crippen MR) is 258 cm³/mol. The van der Waals surface area contributed by atoms with Crippen molar-refractivity contribution in [3.63, 3.8) is 0 Å². The summed E-state index contributed by atoms with van der Waals surface area (Å²) in [6.45, 7) is 9.73. The first-order valence-corrected chi connectivity index (χ1v) is 21.9. The standard InChI is InChI=1S/C57H50N4/c1-56(2)27-28-57(3,4)50-36-52-48(35-49(50)56)47-33-40-23-14-15-24-41(40)34-51(47)61(52)46-26-16-25-42(32-46)54-58-53(39-21-12-7-13-22-39)59-55(60-54)45-30-43(37-17-8-5-9-18-37)29-44(31-45)38-19-10-6-11-20-38/h5-15,17-25,29-36,54H,16,26-28H2,1-4H3,(H,58,59,60). The normalized spacial score (nSPS) is 18.2. The van der Waals surface area contributed by atoms with E-state index in [0.717, 1.165) is 52.3 Å². The third-order valence-electron chi connectivity index (χ3n) is 13.5. The lowest BCUT2D eigenvalue weighted by Crippen LogP contribution is -2.40. The van der Waals surface area contributed by atoms with Crippen molar-refractivity contribution in [2.45, 2.75) is 70.4 Å².